The smallest absolute Gasteiger partial charge is 0.285 e. The lowest BCUT2D eigenvalue weighted by molar-refractivity contribution is 0.604. The Morgan fingerprint density at radius 2 is 1.80 bits per heavy atom. The summed E-state index contributed by atoms with van der Waals surface area (Å²) in [6.45, 7) is 0. The summed E-state index contributed by atoms with van der Waals surface area (Å²) in [5.74, 6) is 0. The van der Waals surface area contributed by atoms with Gasteiger partial charge in [0.25, 0.3) is 3.12 Å². The van der Waals surface area contributed by atoms with E-state index in [1.54, 1.807) is 6.07 Å². The van der Waals surface area contributed by atoms with Crippen LogP contribution >= 0.6 is 34.8 Å². The van der Waals surface area contributed by atoms with Gasteiger partial charge in [0.05, 0.1) is 11.0 Å². The maximum atomic E-state index is 11.7. The summed E-state index contributed by atoms with van der Waals surface area (Å²) in [7, 11) is -5.66. The summed E-state index contributed by atoms with van der Waals surface area (Å²) in [6, 6.07) is 6.86. The lowest BCUT2D eigenvalue weighted by Gasteiger charge is -2.12. The highest BCUT2D eigenvalue weighted by atomic mass is 35.6. The molecule has 0 saturated heterocycles. The molecule has 0 heterocycles. The van der Waals surface area contributed by atoms with Gasteiger partial charge in [-0.15, -0.1) is 0 Å². The van der Waals surface area contributed by atoms with Gasteiger partial charge < -0.3 is 4.72 Å². The Kier molecular flexibility index (Phi) is 5.86. The number of benzene rings is 1. The predicted molar refractivity (Wildman–Crippen MR) is 80.4 cm³/mol. The van der Waals surface area contributed by atoms with E-state index in [2.05, 4.69) is 4.72 Å². The van der Waals surface area contributed by atoms with Crippen LogP contribution in [0.1, 0.15) is 0 Å². The molecule has 1 aromatic carbocycles. The minimum atomic E-state index is -3.68. The first-order valence-corrected chi connectivity index (χ1v) is 8.66. The number of sulfone groups is 1. The summed E-state index contributed by atoms with van der Waals surface area (Å²) in [5, 5.41) is 9.10. The van der Waals surface area contributed by atoms with Crippen molar-refractivity contribution in [3.05, 3.63) is 35.7 Å². The van der Waals surface area contributed by atoms with Crippen molar-refractivity contribution in [1.29, 1.82) is 5.26 Å². The van der Waals surface area contributed by atoms with Crippen molar-refractivity contribution in [2.75, 3.05) is 4.72 Å². The molecule has 20 heavy (non-hydrogen) atoms. The van der Waals surface area contributed by atoms with Gasteiger partial charge in [0.15, 0.2) is 11.0 Å². The third-order valence-electron chi connectivity index (χ3n) is 1.93. The number of allylic oxidation sites excluding steroid dienone is 1. The second-order valence-electron chi connectivity index (χ2n) is 3.32. The zero-order chi connectivity index (χ0) is 15.4. The number of hydrogen-bond acceptors (Lipinski definition) is 4. The minimum absolute atomic E-state index is 0.0192. The molecule has 1 rings (SSSR count). The summed E-state index contributed by atoms with van der Waals surface area (Å²) in [5.41, 5.74) is 0.317. The Balaban J connectivity index is 2.94. The van der Waals surface area contributed by atoms with Crippen LogP contribution in [-0.2, 0) is 20.8 Å². The van der Waals surface area contributed by atoms with Crippen LogP contribution in [0.5, 0.6) is 0 Å². The Morgan fingerprint density at radius 3 is 2.25 bits per heavy atom. The third-order valence-corrected chi connectivity index (χ3v) is 5.45. The molecule has 0 amide bonds. The van der Waals surface area contributed by atoms with Gasteiger partial charge >= 0.3 is 0 Å². The van der Waals surface area contributed by atoms with E-state index in [0.717, 1.165) is 11.5 Å². The van der Waals surface area contributed by atoms with Gasteiger partial charge in [-0.05, 0) is 24.3 Å². The van der Waals surface area contributed by atoms with Crippen molar-refractivity contribution in [3.63, 3.8) is 0 Å². The second-order valence-corrected chi connectivity index (χ2v) is 9.46. The first kappa shape index (κ1) is 17.3. The average Bonchev–Trinajstić information content (AvgIpc) is 2.36. The highest BCUT2D eigenvalue weighted by molar-refractivity contribution is 7.94. The van der Waals surface area contributed by atoms with Crippen LogP contribution in [-0.4, -0.2) is 15.8 Å². The molecule has 0 bridgehead atoms. The molecule has 0 saturated carbocycles. The number of rotatable bonds is 4. The van der Waals surface area contributed by atoms with E-state index in [1.165, 1.54) is 24.3 Å². The van der Waals surface area contributed by atoms with E-state index in [0.29, 0.717) is 5.69 Å². The SMILES string of the molecule is N#CC=CS(=O)(=O)c1ccc(NS(=O)C(Cl)(Cl)Cl)cc1. The van der Waals surface area contributed by atoms with Crippen LogP contribution in [0, 0.1) is 11.3 Å². The van der Waals surface area contributed by atoms with E-state index < -0.39 is 23.9 Å². The normalized spacial score (nSPS) is 13.9. The number of nitriles is 1. The van der Waals surface area contributed by atoms with Crippen LogP contribution in [0.3, 0.4) is 0 Å². The van der Waals surface area contributed by atoms with Crippen molar-refractivity contribution in [2.24, 2.45) is 0 Å². The Morgan fingerprint density at radius 1 is 1.25 bits per heavy atom. The highest BCUT2D eigenvalue weighted by Gasteiger charge is 2.29. The van der Waals surface area contributed by atoms with Gasteiger partial charge in [-0.25, -0.2) is 12.6 Å². The molecule has 0 aromatic heterocycles. The van der Waals surface area contributed by atoms with Crippen LogP contribution in [0.2, 0.25) is 0 Å². The molecule has 0 aliphatic carbocycles. The molecule has 1 atom stereocenters. The quantitative estimate of drug-likeness (QED) is 0.649. The molecule has 108 valence electrons. The van der Waals surface area contributed by atoms with Crippen molar-refractivity contribution < 1.29 is 12.6 Å². The Bertz CT molecular complexity index is 673. The summed E-state index contributed by atoms with van der Waals surface area (Å²) in [6.07, 6.45) is 0.861. The number of nitrogens with zero attached hydrogens (tertiary/aromatic N) is 1. The number of anilines is 1. The molecule has 0 spiro atoms. The molecule has 1 aromatic rings. The summed E-state index contributed by atoms with van der Waals surface area (Å²) < 4.78 is 35.3. The minimum Gasteiger partial charge on any atom is -0.302 e. The lowest BCUT2D eigenvalue weighted by atomic mass is 10.3. The monoisotopic (exact) mass is 372 g/mol. The highest BCUT2D eigenvalue weighted by Crippen LogP contribution is 2.31. The fourth-order valence-electron chi connectivity index (χ4n) is 1.08. The average molecular weight is 374 g/mol. The zero-order valence-corrected chi connectivity index (χ0v) is 13.5. The van der Waals surface area contributed by atoms with E-state index >= 15 is 0 Å². The second kappa shape index (κ2) is 6.78. The first-order chi connectivity index (χ1) is 9.16. The Hall–Kier alpha value is -0.780. The van der Waals surface area contributed by atoms with E-state index in [-0.39, 0.29) is 4.90 Å². The van der Waals surface area contributed by atoms with E-state index in [9.17, 15) is 12.6 Å². The van der Waals surface area contributed by atoms with Crippen LogP contribution < -0.4 is 4.72 Å². The van der Waals surface area contributed by atoms with Crippen LogP contribution in [0.4, 0.5) is 5.69 Å². The van der Waals surface area contributed by atoms with Crippen LogP contribution in [0.25, 0.3) is 0 Å². The predicted octanol–water partition coefficient (Wildman–Crippen LogP) is 2.90. The van der Waals surface area contributed by atoms with Crippen molar-refractivity contribution in [2.45, 2.75) is 8.02 Å². The fraction of sp³-hybridized carbons (Fsp3) is 0.100. The largest absolute Gasteiger partial charge is 0.302 e. The maximum Gasteiger partial charge on any atom is 0.285 e. The van der Waals surface area contributed by atoms with Crippen LogP contribution in [0.15, 0.2) is 40.6 Å². The number of alkyl halides is 3. The molecule has 1 unspecified atom stereocenters. The summed E-state index contributed by atoms with van der Waals surface area (Å²) >= 11 is 16.3. The van der Waals surface area contributed by atoms with Crippen molar-refractivity contribution in [3.8, 4) is 6.07 Å². The molecule has 0 radical (unpaired) electrons. The lowest BCUT2D eigenvalue weighted by Crippen LogP contribution is -2.19. The van der Waals surface area contributed by atoms with Gasteiger partial charge in [0.2, 0.25) is 9.84 Å². The van der Waals surface area contributed by atoms with Crippen molar-refractivity contribution >= 4 is 61.3 Å². The van der Waals surface area contributed by atoms with Crippen molar-refractivity contribution in [1.82, 2.24) is 0 Å². The molecule has 0 aliphatic heterocycles. The van der Waals surface area contributed by atoms with E-state index in [1.807, 2.05) is 0 Å². The first-order valence-electron chi connectivity index (χ1n) is 4.83. The summed E-state index contributed by atoms with van der Waals surface area (Å²) in [4.78, 5) is -0.0192. The van der Waals surface area contributed by atoms with Gasteiger partial charge in [0.1, 0.15) is 0 Å². The molecule has 1 N–H and O–H groups in total. The molecular formula is C10H7Cl3N2O3S2. The Labute approximate surface area is 133 Å². The number of halogens is 3. The standard InChI is InChI=1S/C10H7Cl3N2O3S2/c11-10(12,13)19(16)15-8-2-4-9(5-3-8)20(17,18)7-1-6-14/h1-5,7,15H. The van der Waals surface area contributed by atoms with Gasteiger partial charge in [-0.1, -0.05) is 34.8 Å². The number of nitrogens with one attached hydrogen (secondary N) is 1. The third kappa shape index (κ3) is 4.96. The van der Waals surface area contributed by atoms with Gasteiger partial charge in [-0.3, -0.25) is 0 Å². The molecule has 0 fully saturated rings. The van der Waals surface area contributed by atoms with Gasteiger partial charge in [0, 0.05) is 17.2 Å². The zero-order valence-electron chi connectivity index (χ0n) is 9.59. The fourth-order valence-corrected chi connectivity index (χ4v) is 2.80. The molecule has 10 heteroatoms. The molecular weight excluding hydrogens is 367 g/mol. The molecule has 0 aliphatic rings. The number of hydrogen-bond donors (Lipinski definition) is 1. The molecule has 5 nitrogen and oxygen atoms in total. The maximum absolute atomic E-state index is 11.7. The topological polar surface area (TPSA) is 87.0 Å². The van der Waals surface area contributed by atoms with E-state index in [4.69, 9.17) is 40.1 Å². The van der Waals surface area contributed by atoms with Gasteiger partial charge in [-0.2, -0.15) is 5.26 Å².